The molecule has 0 radical (unpaired) electrons. The Hall–Kier alpha value is -1.00. The Morgan fingerprint density at radius 1 is 1.44 bits per heavy atom. The van der Waals surface area contributed by atoms with Crippen molar-refractivity contribution in [3.05, 3.63) is 33.3 Å². The number of aryl methyl sites for hydroxylation is 1. The molecule has 1 aromatic carbocycles. The van der Waals surface area contributed by atoms with Crippen LogP contribution in [0, 0.1) is 0 Å². The van der Waals surface area contributed by atoms with Crippen LogP contribution in [-0.2, 0) is 13.5 Å². The maximum Gasteiger partial charge on any atom is 0.125 e. The van der Waals surface area contributed by atoms with Crippen molar-refractivity contribution in [2.75, 3.05) is 5.73 Å². The molecular formula is C13H15BrClN3. The van der Waals surface area contributed by atoms with Gasteiger partial charge in [0.25, 0.3) is 0 Å². The van der Waals surface area contributed by atoms with Gasteiger partial charge in [0.05, 0.1) is 5.69 Å². The molecule has 0 fully saturated rings. The summed E-state index contributed by atoms with van der Waals surface area (Å²) in [5.74, 6) is 0.730. The average Bonchev–Trinajstić information content (AvgIpc) is 2.58. The molecule has 2 rings (SSSR count). The van der Waals surface area contributed by atoms with Gasteiger partial charge in [0.1, 0.15) is 5.82 Å². The Kier molecular flexibility index (Phi) is 3.97. The van der Waals surface area contributed by atoms with Crippen LogP contribution in [0.5, 0.6) is 0 Å². The van der Waals surface area contributed by atoms with E-state index in [1.54, 1.807) is 4.68 Å². The maximum atomic E-state index is 6.07. The minimum atomic E-state index is 0.701. The fourth-order valence-electron chi connectivity index (χ4n) is 1.98. The van der Waals surface area contributed by atoms with E-state index in [1.165, 1.54) is 0 Å². The van der Waals surface area contributed by atoms with E-state index < -0.39 is 0 Å². The number of nitrogen functional groups attached to an aromatic ring is 1. The molecule has 0 atom stereocenters. The molecule has 0 saturated carbocycles. The van der Waals surface area contributed by atoms with Crippen molar-refractivity contribution in [3.8, 4) is 11.3 Å². The second kappa shape index (κ2) is 5.33. The van der Waals surface area contributed by atoms with Gasteiger partial charge in [0, 0.05) is 27.7 Å². The van der Waals surface area contributed by atoms with Crippen molar-refractivity contribution in [1.29, 1.82) is 0 Å². The lowest BCUT2D eigenvalue weighted by Crippen LogP contribution is -1.99. The highest BCUT2D eigenvalue weighted by Gasteiger charge is 2.16. The molecule has 0 aliphatic carbocycles. The molecule has 0 aliphatic heterocycles. The van der Waals surface area contributed by atoms with Crippen molar-refractivity contribution in [2.24, 2.45) is 7.05 Å². The lowest BCUT2D eigenvalue weighted by atomic mass is 10.0. The number of hydrogen-bond acceptors (Lipinski definition) is 2. The first-order chi connectivity index (χ1) is 8.54. The second-order valence-corrected chi connectivity index (χ2v) is 5.50. The summed E-state index contributed by atoms with van der Waals surface area (Å²) in [5, 5.41) is 5.21. The molecule has 0 amide bonds. The lowest BCUT2D eigenvalue weighted by Gasteiger charge is -2.05. The van der Waals surface area contributed by atoms with Crippen molar-refractivity contribution in [1.82, 2.24) is 9.78 Å². The topological polar surface area (TPSA) is 43.8 Å². The number of aromatic nitrogens is 2. The van der Waals surface area contributed by atoms with Crippen LogP contribution in [0.25, 0.3) is 11.3 Å². The normalized spacial score (nSPS) is 10.9. The summed E-state index contributed by atoms with van der Waals surface area (Å²) < 4.78 is 2.66. The highest BCUT2D eigenvalue weighted by molar-refractivity contribution is 9.10. The maximum absolute atomic E-state index is 6.07. The predicted molar refractivity (Wildman–Crippen MR) is 79.8 cm³/mol. The van der Waals surface area contributed by atoms with Gasteiger partial charge in [-0.05, 0) is 18.6 Å². The largest absolute Gasteiger partial charge is 0.384 e. The summed E-state index contributed by atoms with van der Waals surface area (Å²) in [6.07, 6.45) is 1.96. The third-order valence-electron chi connectivity index (χ3n) is 2.88. The van der Waals surface area contributed by atoms with Crippen LogP contribution in [0.1, 0.15) is 18.9 Å². The van der Waals surface area contributed by atoms with Crippen LogP contribution in [0.4, 0.5) is 5.82 Å². The Balaban J connectivity index is 2.59. The van der Waals surface area contributed by atoms with Gasteiger partial charge in [-0.3, -0.25) is 4.68 Å². The van der Waals surface area contributed by atoms with Crippen molar-refractivity contribution in [2.45, 2.75) is 19.8 Å². The van der Waals surface area contributed by atoms with Crippen molar-refractivity contribution >= 4 is 33.3 Å². The highest BCUT2D eigenvalue weighted by atomic mass is 79.9. The Labute approximate surface area is 120 Å². The Morgan fingerprint density at radius 3 is 2.78 bits per heavy atom. The summed E-state index contributed by atoms with van der Waals surface area (Å²) in [6, 6.07) is 5.70. The van der Waals surface area contributed by atoms with Crippen LogP contribution in [0.3, 0.4) is 0 Å². The summed E-state index contributed by atoms with van der Waals surface area (Å²) in [4.78, 5) is 0. The average molecular weight is 329 g/mol. The Morgan fingerprint density at radius 2 is 2.17 bits per heavy atom. The van der Waals surface area contributed by atoms with Gasteiger partial charge in [-0.25, -0.2) is 0 Å². The molecule has 0 spiro atoms. The van der Waals surface area contributed by atoms with Gasteiger partial charge in [-0.2, -0.15) is 5.10 Å². The van der Waals surface area contributed by atoms with E-state index in [1.807, 2.05) is 25.2 Å². The molecule has 0 unspecified atom stereocenters. The van der Waals surface area contributed by atoms with Crippen LogP contribution in [0.15, 0.2) is 22.7 Å². The fourth-order valence-corrected chi connectivity index (χ4v) is 2.85. The molecule has 2 aromatic rings. The van der Waals surface area contributed by atoms with E-state index in [4.69, 9.17) is 17.3 Å². The predicted octanol–water partition coefficient (Wildman–Crippen LogP) is 4.04. The minimum absolute atomic E-state index is 0.701. The minimum Gasteiger partial charge on any atom is -0.384 e. The first-order valence-corrected chi connectivity index (χ1v) is 6.98. The van der Waals surface area contributed by atoms with Crippen LogP contribution in [0.2, 0.25) is 5.02 Å². The standard InChI is InChI=1S/C13H15BrClN3/c1-3-4-10-12(17-18(2)13(10)16)9-6-5-8(15)7-11(9)14/h5-7H,3-4,16H2,1-2H3. The lowest BCUT2D eigenvalue weighted by molar-refractivity contribution is 0.781. The summed E-state index contributed by atoms with van der Waals surface area (Å²) in [7, 11) is 1.86. The second-order valence-electron chi connectivity index (χ2n) is 4.21. The molecule has 0 aliphatic rings. The molecular weight excluding hydrogens is 314 g/mol. The van der Waals surface area contributed by atoms with Gasteiger partial charge >= 0.3 is 0 Å². The van der Waals surface area contributed by atoms with E-state index in [9.17, 15) is 0 Å². The quantitative estimate of drug-likeness (QED) is 0.924. The fraction of sp³-hybridized carbons (Fsp3) is 0.308. The monoisotopic (exact) mass is 327 g/mol. The Bertz CT molecular complexity index is 578. The summed E-state index contributed by atoms with van der Waals surface area (Å²) in [6.45, 7) is 2.13. The number of nitrogens with zero attached hydrogens (tertiary/aromatic N) is 2. The summed E-state index contributed by atoms with van der Waals surface area (Å²) in [5.41, 5.74) is 9.12. The van der Waals surface area contributed by atoms with Gasteiger partial charge in [0.2, 0.25) is 0 Å². The van der Waals surface area contributed by atoms with Gasteiger partial charge in [0.15, 0.2) is 0 Å². The summed E-state index contributed by atoms with van der Waals surface area (Å²) >= 11 is 9.49. The third kappa shape index (κ3) is 2.40. The van der Waals surface area contributed by atoms with E-state index in [2.05, 4.69) is 28.0 Å². The van der Waals surface area contributed by atoms with E-state index >= 15 is 0 Å². The van der Waals surface area contributed by atoms with Gasteiger partial charge < -0.3 is 5.73 Å². The molecule has 3 nitrogen and oxygen atoms in total. The number of nitrogens with two attached hydrogens (primary N) is 1. The first-order valence-electron chi connectivity index (χ1n) is 5.81. The van der Waals surface area contributed by atoms with Gasteiger partial charge in [-0.1, -0.05) is 46.9 Å². The van der Waals surface area contributed by atoms with Crippen molar-refractivity contribution < 1.29 is 0 Å². The van der Waals surface area contributed by atoms with Crippen LogP contribution in [-0.4, -0.2) is 9.78 Å². The van der Waals surface area contributed by atoms with E-state index in [0.29, 0.717) is 5.02 Å². The first kappa shape index (κ1) is 13.4. The van der Waals surface area contributed by atoms with E-state index in [-0.39, 0.29) is 0 Å². The number of benzene rings is 1. The number of rotatable bonds is 3. The van der Waals surface area contributed by atoms with E-state index in [0.717, 1.165) is 40.0 Å². The zero-order valence-corrected chi connectivity index (χ0v) is 12.7. The molecule has 18 heavy (non-hydrogen) atoms. The van der Waals surface area contributed by atoms with Crippen LogP contribution < -0.4 is 5.73 Å². The molecule has 0 bridgehead atoms. The third-order valence-corrected chi connectivity index (χ3v) is 3.77. The zero-order chi connectivity index (χ0) is 13.3. The van der Waals surface area contributed by atoms with Crippen molar-refractivity contribution in [3.63, 3.8) is 0 Å². The van der Waals surface area contributed by atoms with Crippen LogP contribution >= 0.6 is 27.5 Å². The highest BCUT2D eigenvalue weighted by Crippen LogP contribution is 2.34. The molecule has 5 heteroatoms. The van der Waals surface area contributed by atoms with Gasteiger partial charge in [-0.15, -0.1) is 0 Å². The molecule has 1 heterocycles. The molecule has 1 aromatic heterocycles. The SMILES string of the molecule is CCCc1c(-c2ccc(Cl)cc2Br)nn(C)c1N. The number of halogens is 2. The zero-order valence-electron chi connectivity index (χ0n) is 10.4. The molecule has 0 saturated heterocycles. The smallest absolute Gasteiger partial charge is 0.125 e. The number of anilines is 1. The molecule has 96 valence electrons. The number of hydrogen-bond donors (Lipinski definition) is 1. The molecule has 2 N–H and O–H groups in total.